The quantitative estimate of drug-likeness (QED) is 0.783. The summed E-state index contributed by atoms with van der Waals surface area (Å²) in [5.41, 5.74) is 0.938. The monoisotopic (exact) mass is 362 g/mol. The van der Waals surface area contributed by atoms with E-state index in [0.717, 1.165) is 12.0 Å². The third-order valence-corrected chi connectivity index (χ3v) is 5.43. The van der Waals surface area contributed by atoms with Gasteiger partial charge in [-0.3, -0.25) is 0 Å². The summed E-state index contributed by atoms with van der Waals surface area (Å²) in [7, 11) is -1.67. The van der Waals surface area contributed by atoms with E-state index in [1.54, 1.807) is 12.1 Å². The van der Waals surface area contributed by atoms with Crippen LogP contribution in [0.25, 0.3) is 0 Å². The first-order valence-electron chi connectivity index (χ1n) is 6.71. The molecule has 0 aliphatic carbocycles. The van der Waals surface area contributed by atoms with Crippen LogP contribution in [0.5, 0.6) is 0 Å². The zero-order valence-corrected chi connectivity index (χ0v) is 14.8. The molecule has 1 atom stereocenters. The lowest BCUT2D eigenvalue weighted by Gasteiger charge is -2.17. The van der Waals surface area contributed by atoms with Crippen molar-refractivity contribution in [2.75, 3.05) is 7.05 Å². The van der Waals surface area contributed by atoms with E-state index in [2.05, 4.69) is 39.8 Å². The Balaban J connectivity index is 2.99. The molecular weight excluding hydrogens is 340 g/mol. The van der Waals surface area contributed by atoms with Crippen LogP contribution in [0.3, 0.4) is 0 Å². The maximum Gasteiger partial charge on any atom is 0.241 e. The summed E-state index contributed by atoms with van der Waals surface area (Å²) >= 11 is 3.32. The lowest BCUT2D eigenvalue weighted by atomic mass is 10.1. The number of halogens is 1. The van der Waals surface area contributed by atoms with Gasteiger partial charge in [-0.05, 0) is 59.9 Å². The van der Waals surface area contributed by atoms with Crippen LogP contribution >= 0.6 is 15.9 Å². The standard InChI is InChI=1S/C14H23BrN2O2S/c1-10(2)7-11(3)17-20(18,19)14-8-12(9-16-4)5-6-13(14)15/h5-6,8,10-11,16-17H,7,9H2,1-4H3. The van der Waals surface area contributed by atoms with Gasteiger partial charge in [0.15, 0.2) is 0 Å². The van der Waals surface area contributed by atoms with Crippen LogP contribution in [0.1, 0.15) is 32.8 Å². The van der Waals surface area contributed by atoms with Gasteiger partial charge < -0.3 is 5.32 Å². The molecule has 4 nitrogen and oxygen atoms in total. The highest BCUT2D eigenvalue weighted by atomic mass is 79.9. The molecule has 1 unspecified atom stereocenters. The molecule has 0 bridgehead atoms. The molecule has 20 heavy (non-hydrogen) atoms. The Bertz CT molecular complexity index is 544. The van der Waals surface area contributed by atoms with Crippen molar-refractivity contribution in [1.29, 1.82) is 0 Å². The molecule has 0 heterocycles. The molecule has 0 fully saturated rings. The van der Waals surface area contributed by atoms with E-state index in [1.165, 1.54) is 0 Å². The normalized spacial score (nSPS) is 13.7. The SMILES string of the molecule is CNCc1ccc(Br)c(S(=O)(=O)NC(C)CC(C)C)c1. The Hall–Kier alpha value is -0.430. The first-order chi connectivity index (χ1) is 9.26. The zero-order chi connectivity index (χ0) is 15.3. The third-order valence-electron chi connectivity index (χ3n) is 2.85. The third kappa shape index (κ3) is 5.16. The van der Waals surface area contributed by atoms with Crippen LogP contribution in [0, 0.1) is 5.92 Å². The summed E-state index contributed by atoms with van der Waals surface area (Å²) < 4.78 is 28.2. The van der Waals surface area contributed by atoms with Gasteiger partial charge in [-0.2, -0.15) is 0 Å². The second-order valence-corrected chi connectivity index (χ2v) is 7.98. The molecule has 0 radical (unpaired) electrons. The maximum atomic E-state index is 12.4. The lowest BCUT2D eigenvalue weighted by molar-refractivity contribution is 0.482. The molecule has 2 N–H and O–H groups in total. The van der Waals surface area contributed by atoms with Gasteiger partial charge in [0.1, 0.15) is 0 Å². The Morgan fingerprint density at radius 2 is 1.90 bits per heavy atom. The predicted octanol–water partition coefficient (Wildman–Crippen LogP) is 2.88. The maximum absolute atomic E-state index is 12.4. The van der Waals surface area contributed by atoms with Crippen LogP contribution in [-0.2, 0) is 16.6 Å². The molecule has 0 saturated heterocycles. The van der Waals surface area contributed by atoms with Crippen molar-refractivity contribution < 1.29 is 8.42 Å². The van der Waals surface area contributed by atoms with E-state index in [4.69, 9.17) is 0 Å². The number of benzene rings is 1. The van der Waals surface area contributed by atoms with Crippen LogP contribution in [-0.4, -0.2) is 21.5 Å². The largest absolute Gasteiger partial charge is 0.316 e. The molecule has 0 spiro atoms. The van der Waals surface area contributed by atoms with Gasteiger partial charge in [0, 0.05) is 17.1 Å². The van der Waals surface area contributed by atoms with Gasteiger partial charge in [-0.25, -0.2) is 13.1 Å². The molecule has 114 valence electrons. The van der Waals surface area contributed by atoms with Crippen LogP contribution in [0.4, 0.5) is 0 Å². The van der Waals surface area contributed by atoms with Gasteiger partial charge in [-0.15, -0.1) is 0 Å². The second kappa shape index (κ2) is 7.54. The average Bonchev–Trinajstić information content (AvgIpc) is 2.29. The summed E-state index contributed by atoms with van der Waals surface area (Å²) in [4.78, 5) is 0.292. The summed E-state index contributed by atoms with van der Waals surface area (Å²) in [6.45, 7) is 6.68. The fourth-order valence-electron chi connectivity index (χ4n) is 2.15. The van der Waals surface area contributed by atoms with E-state index >= 15 is 0 Å². The summed E-state index contributed by atoms with van der Waals surface area (Å²) in [5.74, 6) is 0.451. The summed E-state index contributed by atoms with van der Waals surface area (Å²) in [6.07, 6.45) is 0.813. The minimum absolute atomic E-state index is 0.0835. The first kappa shape index (κ1) is 17.6. The van der Waals surface area contributed by atoms with Gasteiger partial charge in [-0.1, -0.05) is 19.9 Å². The van der Waals surface area contributed by atoms with Crippen LogP contribution in [0.2, 0.25) is 0 Å². The molecular formula is C14H23BrN2O2S. The first-order valence-corrected chi connectivity index (χ1v) is 8.99. The zero-order valence-electron chi connectivity index (χ0n) is 12.4. The van der Waals surface area contributed by atoms with Crippen molar-refractivity contribution in [3.63, 3.8) is 0 Å². The van der Waals surface area contributed by atoms with Gasteiger partial charge in [0.2, 0.25) is 10.0 Å². The van der Waals surface area contributed by atoms with Crippen molar-refractivity contribution in [2.24, 2.45) is 5.92 Å². The minimum Gasteiger partial charge on any atom is -0.316 e. The van der Waals surface area contributed by atoms with E-state index in [1.807, 2.05) is 20.0 Å². The fourth-order valence-corrected chi connectivity index (χ4v) is 4.42. The van der Waals surface area contributed by atoms with Gasteiger partial charge in [0.05, 0.1) is 4.90 Å². The van der Waals surface area contributed by atoms with Gasteiger partial charge in [0.25, 0.3) is 0 Å². The van der Waals surface area contributed by atoms with Crippen molar-refractivity contribution in [3.8, 4) is 0 Å². The van der Waals surface area contributed by atoms with Crippen LogP contribution < -0.4 is 10.0 Å². The molecule has 0 aliphatic heterocycles. The predicted molar refractivity (Wildman–Crippen MR) is 86.1 cm³/mol. The number of sulfonamides is 1. The number of nitrogens with one attached hydrogen (secondary N) is 2. The molecule has 0 saturated carbocycles. The Morgan fingerprint density at radius 3 is 2.45 bits per heavy atom. The highest BCUT2D eigenvalue weighted by Gasteiger charge is 2.21. The van der Waals surface area contributed by atoms with E-state index in [9.17, 15) is 8.42 Å². The highest BCUT2D eigenvalue weighted by molar-refractivity contribution is 9.10. The molecule has 1 aromatic rings. The molecule has 6 heteroatoms. The van der Waals surface area contributed by atoms with E-state index in [0.29, 0.717) is 21.8 Å². The molecule has 1 rings (SSSR count). The fraction of sp³-hybridized carbons (Fsp3) is 0.571. The van der Waals surface area contributed by atoms with Gasteiger partial charge >= 0.3 is 0 Å². The average molecular weight is 363 g/mol. The summed E-state index contributed by atoms with van der Waals surface area (Å²) in [6, 6.07) is 5.29. The Morgan fingerprint density at radius 1 is 1.25 bits per heavy atom. The molecule has 0 aromatic heterocycles. The Labute approximate surface area is 130 Å². The molecule has 0 amide bonds. The molecule has 0 aliphatic rings. The number of hydrogen-bond acceptors (Lipinski definition) is 3. The topological polar surface area (TPSA) is 58.2 Å². The molecule has 1 aromatic carbocycles. The van der Waals surface area contributed by atoms with Crippen molar-refractivity contribution in [3.05, 3.63) is 28.2 Å². The van der Waals surface area contributed by atoms with Crippen LogP contribution in [0.15, 0.2) is 27.6 Å². The Kier molecular flexibility index (Phi) is 6.64. The lowest BCUT2D eigenvalue weighted by Crippen LogP contribution is -2.33. The van der Waals surface area contributed by atoms with E-state index in [-0.39, 0.29) is 6.04 Å². The summed E-state index contributed by atoms with van der Waals surface area (Å²) in [5, 5.41) is 3.02. The minimum atomic E-state index is -3.50. The van der Waals surface area contributed by atoms with Crippen molar-refractivity contribution in [1.82, 2.24) is 10.0 Å². The van der Waals surface area contributed by atoms with E-state index < -0.39 is 10.0 Å². The van der Waals surface area contributed by atoms with Crippen molar-refractivity contribution >= 4 is 26.0 Å². The highest BCUT2D eigenvalue weighted by Crippen LogP contribution is 2.24. The smallest absolute Gasteiger partial charge is 0.241 e. The number of rotatable bonds is 7. The van der Waals surface area contributed by atoms with Crippen molar-refractivity contribution in [2.45, 2.75) is 44.7 Å². The number of hydrogen-bond donors (Lipinski definition) is 2. The second-order valence-electron chi connectivity index (χ2n) is 5.45.